The summed E-state index contributed by atoms with van der Waals surface area (Å²) in [4.78, 5) is 37.2. The number of aromatic nitrogens is 1. The zero-order valence-corrected chi connectivity index (χ0v) is 10.5. The number of carbonyl (C=O) groups is 2. The van der Waals surface area contributed by atoms with Gasteiger partial charge in [-0.25, -0.2) is 4.39 Å². The van der Waals surface area contributed by atoms with E-state index in [0.29, 0.717) is 5.92 Å². The number of hydrogen-bond donors (Lipinski definition) is 2. The Kier molecular flexibility index (Phi) is 3.78. The lowest BCUT2D eigenvalue weighted by atomic mass is 10.2. The Morgan fingerprint density at radius 2 is 2.16 bits per heavy atom. The predicted octanol–water partition coefficient (Wildman–Crippen LogP) is 1.26. The molecule has 1 aliphatic carbocycles. The Morgan fingerprint density at radius 3 is 2.68 bits per heavy atom. The minimum atomic E-state index is -1.74. The number of alkyl halides is 1. The van der Waals surface area contributed by atoms with Crippen molar-refractivity contribution in [3.63, 3.8) is 0 Å². The third-order valence-corrected chi connectivity index (χ3v) is 3.07. The fraction of sp³-hybridized carbons (Fsp3) is 0.462. The summed E-state index contributed by atoms with van der Waals surface area (Å²) in [5.41, 5.74) is 0.0625. The smallest absolute Gasteiger partial charge is 0.263 e. The molecule has 0 saturated heterocycles. The maximum absolute atomic E-state index is 13.0. The molecule has 2 N–H and O–H groups in total. The van der Waals surface area contributed by atoms with Gasteiger partial charge in [-0.1, -0.05) is 6.92 Å². The normalized spacial score (nSPS) is 15.9. The standard InChI is InChI=1S/C13H15FN2O3/c1-2-9(14)13(19)16-12(18)8-5-6-10(7-3-4-7)15-11(8)17/h5-7,9H,2-4H2,1H3,(H,15,17)(H,16,18,19)/t9-/m1/s1. The van der Waals surface area contributed by atoms with Gasteiger partial charge in [0.15, 0.2) is 6.17 Å². The van der Waals surface area contributed by atoms with Gasteiger partial charge in [0.1, 0.15) is 5.56 Å². The highest BCUT2D eigenvalue weighted by atomic mass is 19.1. The third-order valence-electron chi connectivity index (χ3n) is 3.07. The van der Waals surface area contributed by atoms with E-state index in [2.05, 4.69) is 4.98 Å². The first-order valence-corrected chi connectivity index (χ1v) is 6.25. The summed E-state index contributed by atoms with van der Waals surface area (Å²) in [7, 11) is 0. The Labute approximate surface area is 109 Å². The number of pyridine rings is 1. The number of halogens is 1. The van der Waals surface area contributed by atoms with Crippen LogP contribution in [0.2, 0.25) is 0 Å². The van der Waals surface area contributed by atoms with Crippen molar-refractivity contribution in [2.45, 2.75) is 38.3 Å². The van der Waals surface area contributed by atoms with Gasteiger partial charge in [0, 0.05) is 5.69 Å². The molecule has 6 heteroatoms. The van der Waals surface area contributed by atoms with Crippen LogP contribution in [-0.4, -0.2) is 23.0 Å². The molecule has 1 aromatic rings. The van der Waals surface area contributed by atoms with E-state index in [0.717, 1.165) is 18.5 Å². The first kappa shape index (κ1) is 13.5. The number of hydrogen-bond acceptors (Lipinski definition) is 3. The monoisotopic (exact) mass is 266 g/mol. The van der Waals surface area contributed by atoms with Crippen molar-refractivity contribution in [2.75, 3.05) is 0 Å². The summed E-state index contributed by atoms with van der Waals surface area (Å²) in [5.74, 6) is -1.52. The summed E-state index contributed by atoms with van der Waals surface area (Å²) < 4.78 is 13.0. The molecule has 102 valence electrons. The van der Waals surface area contributed by atoms with Gasteiger partial charge in [-0.05, 0) is 37.3 Å². The summed E-state index contributed by atoms with van der Waals surface area (Å²) >= 11 is 0. The summed E-state index contributed by atoms with van der Waals surface area (Å²) in [5, 5.41) is 1.88. The van der Waals surface area contributed by atoms with Gasteiger partial charge in [0.25, 0.3) is 17.4 Å². The molecule has 2 rings (SSSR count). The quantitative estimate of drug-likeness (QED) is 0.861. The van der Waals surface area contributed by atoms with Gasteiger partial charge in [0.05, 0.1) is 0 Å². The van der Waals surface area contributed by atoms with Gasteiger partial charge >= 0.3 is 0 Å². The summed E-state index contributed by atoms with van der Waals surface area (Å²) in [6.45, 7) is 1.49. The van der Waals surface area contributed by atoms with Crippen LogP contribution >= 0.6 is 0 Å². The lowest BCUT2D eigenvalue weighted by Gasteiger charge is -2.06. The van der Waals surface area contributed by atoms with E-state index in [1.54, 1.807) is 6.07 Å². The molecular weight excluding hydrogens is 251 g/mol. The maximum atomic E-state index is 13.0. The lowest BCUT2D eigenvalue weighted by Crippen LogP contribution is -2.39. The number of nitrogens with one attached hydrogen (secondary N) is 2. The second kappa shape index (κ2) is 5.34. The van der Waals surface area contributed by atoms with Gasteiger partial charge in [-0.15, -0.1) is 0 Å². The van der Waals surface area contributed by atoms with Crippen LogP contribution in [0.15, 0.2) is 16.9 Å². The third kappa shape index (κ3) is 3.07. The molecule has 0 unspecified atom stereocenters. The topological polar surface area (TPSA) is 79.0 Å². The van der Waals surface area contributed by atoms with E-state index in [4.69, 9.17) is 0 Å². The largest absolute Gasteiger partial charge is 0.325 e. The van der Waals surface area contributed by atoms with Crippen molar-refractivity contribution < 1.29 is 14.0 Å². The van der Waals surface area contributed by atoms with Gasteiger partial charge < -0.3 is 4.98 Å². The molecule has 1 fully saturated rings. The van der Waals surface area contributed by atoms with Crippen LogP contribution in [0.1, 0.15) is 48.2 Å². The van der Waals surface area contributed by atoms with Crippen molar-refractivity contribution in [1.29, 1.82) is 0 Å². The second-order valence-corrected chi connectivity index (χ2v) is 4.62. The number of rotatable bonds is 4. The second-order valence-electron chi connectivity index (χ2n) is 4.62. The van der Waals surface area contributed by atoms with Crippen LogP contribution in [0.25, 0.3) is 0 Å². The first-order valence-electron chi connectivity index (χ1n) is 6.25. The number of amides is 2. The SMILES string of the molecule is CC[C@@H](F)C(=O)NC(=O)c1ccc(C2CC2)[nH]c1=O. The Morgan fingerprint density at radius 1 is 1.47 bits per heavy atom. The zero-order chi connectivity index (χ0) is 14.0. The minimum Gasteiger partial charge on any atom is -0.325 e. The van der Waals surface area contributed by atoms with Crippen LogP contribution in [0.5, 0.6) is 0 Å². The van der Waals surface area contributed by atoms with Crippen LogP contribution in [-0.2, 0) is 4.79 Å². The number of carbonyl (C=O) groups excluding carboxylic acids is 2. The molecule has 5 nitrogen and oxygen atoms in total. The van der Waals surface area contributed by atoms with Gasteiger partial charge in [0.2, 0.25) is 0 Å². The van der Waals surface area contributed by atoms with Crippen molar-refractivity contribution in [1.82, 2.24) is 10.3 Å². The highest BCUT2D eigenvalue weighted by molar-refractivity contribution is 6.05. The molecule has 0 aromatic carbocycles. The van der Waals surface area contributed by atoms with Crippen molar-refractivity contribution >= 4 is 11.8 Å². The molecular formula is C13H15FN2O3. The highest BCUT2D eigenvalue weighted by Gasteiger charge is 2.26. The maximum Gasteiger partial charge on any atom is 0.263 e. The Balaban J connectivity index is 2.11. The van der Waals surface area contributed by atoms with Crippen molar-refractivity contribution in [3.8, 4) is 0 Å². The number of imide groups is 1. The molecule has 1 atom stereocenters. The Bertz CT molecular complexity index is 563. The van der Waals surface area contributed by atoms with Crippen molar-refractivity contribution in [3.05, 3.63) is 33.7 Å². The van der Waals surface area contributed by atoms with Gasteiger partial charge in [-0.3, -0.25) is 19.7 Å². The van der Waals surface area contributed by atoms with E-state index in [9.17, 15) is 18.8 Å². The molecule has 0 spiro atoms. The van der Waals surface area contributed by atoms with E-state index in [1.807, 2.05) is 5.32 Å². The van der Waals surface area contributed by atoms with Crippen molar-refractivity contribution in [2.24, 2.45) is 0 Å². The average molecular weight is 266 g/mol. The molecule has 19 heavy (non-hydrogen) atoms. The highest BCUT2D eigenvalue weighted by Crippen LogP contribution is 2.38. The molecule has 1 aromatic heterocycles. The van der Waals surface area contributed by atoms with Crippen LogP contribution in [0.3, 0.4) is 0 Å². The molecule has 1 aliphatic rings. The van der Waals surface area contributed by atoms with Crippen LogP contribution in [0, 0.1) is 0 Å². The molecule has 1 saturated carbocycles. The summed E-state index contributed by atoms with van der Waals surface area (Å²) in [6.07, 6.45) is 0.296. The van der Waals surface area contributed by atoms with Crippen LogP contribution in [0.4, 0.5) is 4.39 Å². The zero-order valence-electron chi connectivity index (χ0n) is 10.5. The molecule has 0 radical (unpaired) electrons. The molecule has 0 aliphatic heterocycles. The number of H-pyrrole nitrogens is 1. The van der Waals surface area contributed by atoms with Crippen LogP contribution < -0.4 is 10.9 Å². The number of aromatic amines is 1. The average Bonchev–Trinajstić information content (AvgIpc) is 3.21. The van der Waals surface area contributed by atoms with E-state index < -0.39 is 23.5 Å². The van der Waals surface area contributed by atoms with E-state index in [1.165, 1.54) is 13.0 Å². The molecule has 1 heterocycles. The fourth-order valence-corrected chi connectivity index (χ4v) is 1.74. The minimum absolute atomic E-state index is 0.0178. The Hall–Kier alpha value is -1.98. The molecule has 2 amide bonds. The summed E-state index contributed by atoms with van der Waals surface area (Å²) in [6, 6.07) is 3.03. The molecule has 0 bridgehead atoms. The fourth-order valence-electron chi connectivity index (χ4n) is 1.74. The first-order chi connectivity index (χ1) is 9.02. The van der Waals surface area contributed by atoms with E-state index in [-0.39, 0.29) is 12.0 Å². The van der Waals surface area contributed by atoms with Gasteiger partial charge in [-0.2, -0.15) is 0 Å². The predicted molar refractivity (Wildman–Crippen MR) is 66.7 cm³/mol. The lowest BCUT2D eigenvalue weighted by molar-refractivity contribution is -0.125. The van der Waals surface area contributed by atoms with E-state index >= 15 is 0 Å².